The van der Waals surface area contributed by atoms with Gasteiger partial charge in [-0.3, -0.25) is 14.8 Å². The van der Waals surface area contributed by atoms with E-state index in [0.29, 0.717) is 5.56 Å². The maximum atomic E-state index is 10.9. The van der Waals surface area contributed by atoms with Gasteiger partial charge in [0.1, 0.15) is 6.20 Å². The molecule has 0 radical (unpaired) electrons. The van der Waals surface area contributed by atoms with E-state index < -0.39 is 4.92 Å². The SMILES string of the molecule is CC(Nc1nn(C)cc1[N+](=O)[O-])c1ccc(C#N)cc1. The highest BCUT2D eigenvalue weighted by Crippen LogP contribution is 2.26. The summed E-state index contributed by atoms with van der Waals surface area (Å²) >= 11 is 0. The Hall–Kier alpha value is -2.88. The molecule has 1 aromatic carbocycles. The number of aryl methyl sites for hydroxylation is 1. The number of aromatic nitrogens is 2. The lowest BCUT2D eigenvalue weighted by molar-refractivity contribution is -0.384. The topological polar surface area (TPSA) is 96.8 Å². The van der Waals surface area contributed by atoms with E-state index in [9.17, 15) is 10.1 Å². The monoisotopic (exact) mass is 271 g/mol. The molecular weight excluding hydrogens is 258 g/mol. The molecule has 20 heavy (non-hydrogen) atoms. The van der Waals surface area contributed by atoms with Crippen molar-refractivity contribution in [3.8, 4) is 6.07 Å². The first kappa shape index (κ1) is 13.5. The van der Waals surface area contributed by atoms with E-state index >= 15 is 0 Å². The van der Waals surface area contributed by atoms with Crippen molar-refractivity contribution in [2.45, 2.75) is 13.0 Å². The molecular formula is C13H13N5O2. The molecule has 0 bridgehead atoms. The summed E-state index contributed by atoms with van der Waals surface area (Å²) in [5.41, 5.74) is 1.43. The predicted molar refractivity (Wildman–Crippen MR) is 73.1 cm³/mol. The van der Waals surface area contributed by atoms with Crippen molar-refractivity contribution in [2.75, 3.05) is 5.32 Å². The highest BCUT2D eigenvalue weighted by Gasteiger charge is 2.20. The van der Waals surface area contributed by atoms with Crippen LogP contribution in [0.2, 0.25) is 0 Å². The molecule has 7 heteroatoms. The van der Waals surface area contributed by atoms with Crippen LogP contribution < -0.4 is 5.32 Å². The van der Waals surface area contributed by atoms with Gasteiger partial charge in [-0.05, 0) is 24.6 Å². The van der Waals surface area contributed by atoms with Gasteiger partial charge in [0.15, 0.2) is 0 Å². The Morgan fingerprint density at radius 1 is 1.45 bits per heavy atom. The van der Waals surface area contributed by atoms with Crippen LogP contribution in [-0.4, -0.2) is 14.7 Å². The fraction of sp³-hybridized carbons (Fsp3) is 0.231. The van der Waals surface area contributed by atoms with E-state index in [4.69, 9.17) is 5.26 Å². The highest BCUT2D eigenvalue weighted by atomic mass is 16.6. The molecule has 0 aliphatic rings. The van der Waals surface area contributed by atoms with Gasteiger partial charge in [0, 0.05) is 7.05 Å². The predicted octanol–water partition coefficient (Wildman–Crippen LogP) is 2.37. The van der Waals surface area contributed by atoms with Gasteiger partial charge < -0.3 is 5.32 Å². The quantitative estimate of drug-likeness (QED) is 0.680. The molecule has 0 spiro atoms. The lowest BCUT2D eigenvalue weighted by atomic mass is 10.1. The molecule has 1 unspecified atom stereocenters. The van der Waals surface area contributed by atoms with E-state index in [1.54, 1.807) is 19.2 Å². The van der Waals surface area contributed by atoms with Gasteiger partial charge >= 0.3 is 5.69 Å². The molecule has 0 saturated heterocycles. The molecule has 1 atom stereocenters. The number of benzene rings is 1. The average molecular weight is 271 g/mol. The van der Waals surface area contributed by atoms with Crippen LogP contribution in [0.4, 0.5) is 11.5 Å². The van der Waals surface area contributed by atoms with Crippen molar-refractivity contribution in [3.05, 3.63) is 51.7 Å². The molecule has 0 amide bonds. The van der Waals surface area contributed by atoms with Crippen LogP contribution >= 0.6 is 0 Å². The normalized spacial score (nSPS) is 11.7. The maximum Gasteiger partial charge on any atom is 0.330 e. The van der Waals surface area contributed by atoms with Crippen LogP contribution in [0.1, 0.15) is 24.1 Å². The number of nitrogens with one attached hydrogen (secondary N) is 1. The maximum absolute atomic E-state index is 10.9. The second-order valence-electron chi connectivity index (χ2n) is 4.39. The van der Waals surface area contributed by atoms with Gasteiger partial charge in [0.25, 0.3) is 0 Å². The summed E-state index contributed by atoms with van der Waals surface area (Å²) in [7, 11) is 1.63. The number of nitrogens with zero attached hydrogens (tertiary/aromatic N) is 4. The van der Waals surface area contributed by atoms with Crippen LogP contribution in [0.3, 0.4) is 0 Å². The first-order valence-electron chi connectivity index (χ1n) is 5.96. The number of hydrogen-bond acceptors (Lipinski definition) is 5. The smallest absolute Gasteiger partial charge is 0.330 e. The lowest BCUT2D eigenvalue weighted by Gasteiger charge is -2.13. The molecule has 102 valence electrons. The Bertz CT molecular complexity index is 669. The first-order chi connectivity index (χ1) is 9.51. The Morgan fingerprint density at radius 3 is 2.65 bits per heavy atom. The molecule has 0 fully saturated rings. The first-order valence-corrected chi connectivity index (χ1v) is 5.96. The van der Waals surface area contributed by atoms with Crippen molar-refractivity contribution in [2.24, 2.45) is 7.05 Å². The van der Waals surface area contributed by atoms with Crippen LogP contribution in [0.5, 0.6) is 0 Å². The summed E-state index contributed by atoms with van der Waals surface area (Å²) in [6.07, 6.45) is 1.35. The molecule has 1 heterocycles. The summed E-state index contributed by atoms with van der Waals surface area (Å²) in [5.74, 6) is 0.231. The van der Waals surface area contributed by atoms with Crippen LogP contribution in [0, 0.1) is 21.4 Å². The fourth-order valence-electron chi connectivity index (χ4n) is 1.85. The third-order valence-corrected chi connectivity index (χ3v) is 2.90. The van der Waals surface area contributed by atoms with Gasteiger partial charge in [0.2, 0.25) is 5.82 Å². The average Bonchev–Trinajstić information content (AvgIpc) is 2.80. The molecule has 0 saturated carbocycles. The van der Waals surface area contributed by atoms with E-state index in [2.05, 4.69) is 10.4 Å². The molecule has 0 aliphatic carbocycles. The second-order valence-corrected chi connectivity index (χ2v) is 4.39. The van der Waals surface area contributed by atoms with Crippen LogP contribution in [0.25, 0.3) is 0 Å². The number of anilines is 1. The van der Waals surface area contributed by atoms with Crippen LogP contribution in [-0.2, 0) is 7.05 Å². The number of nitro groups is 1. The third kappa shape index (κ3) is 2.75. The molecule has 7 nitrogen and oxygen atoms in total. The van der Waals surface area contributed by atoms with E-state index in [1.807, 2.05) is 25.1 Å². The summed E-state index contributed by atoms with van der Waals surface area (Å²) in [6, 6.07) is 8.93. The Labute approximate surface area is 115 Å². The summed E-state index contributed by atoms with van der Waals surface area (Å²) in [6.45, 7) is 1.87. The highest BCUT2D eigenvalue weighted by molar-refractivity contribution is 5.55. The second kappa shape index (κ2) is 5.40. The number of rotatable bonds is 4. The van der Waals surface area contributed by atoms with Crippen molar-refractivity contribution in [1.29, 1.82) is 5.26 Å². The van der Waals surface area contributed by atoms with E-state index in [-0.39, 0.29) is 17.5 Å². The van der Waals surface area contributed by atoms with Crippen LogP contribution in [0.15, 0.2) is 30.5 Å². The Balaban J connectivity index is 2.21. The largest absolute Gasteiger partial charge is 0.356 e. The minimum Gasteiger partial charge on any atom is -0.356 e. The lowest BCUT2D eigenvalue weighted by Crippen LogP contribution is -2.08. The summed E-state index contributed by atoms with van der Waals surface area (Å²) < 4.78 is 1.39. The molecule has 1 N–H and O–H groups in total. The molecule has 2 aromatic rings. The zero-order valence-corrected chi connectivity index (χ0v) is 11.1. The molecule has 2 rings (SSSR count). The summed E-state index contributed by atoms with van der Waals surface area (Å²) in [5, 5.41) is 26.7. The van der Waals surface area contributed by atoms with Gasteiger partial charge in [-0.1, -0.05) is 12.1 Å². The van der Waals surface area contributed by atoms with Crippen molar-refractivity contribution < 1.29 is 4.92 Å². The zero-order chi connectivity index (χ0) is 14.7. The van der Waals surface area contributed by atoms with E-state index in [1.165, 1.54) is 10.9 Å². The van der Waals surface area contributed by atoms with E-state index in [0.717, 1.165) is 5.56 Å². The zero-order valence-electron chi connectivity index (χ0n) is 11.1. The van der Waals surface area contributed by atoms with Crippen molar-refractivity contribution >= 4 is 11.5 Å². The number of hydrogen-bond donors (Lipinski definition) is 1. The third-order valence-electron chi connectivity index (χ3n) is 2.90. The minimum absolute atomic E-state index is 0.0620. The van der Waals surface area contributed by atoms with Gasteiger partial charge in [-0.25, -0.2) is 0 Å². The van der Waals surface area contributed by atoms with Gasteiger partial charge in [0.05, 0.1) is 22.6 Å². The van der Waals surface area contributed by atoms with Gasteiger partial charge in [-0.15, -0.1) is 5.10 Å². The number of nitriles is 1. The van der Waals surface area contributed by atoms with Crippen molar-refractivity contribution in [1.82, 2.24) is 9.78 Å². The van der Waals surface area contributed by atoms with Crippen molar-refractivity contribution in [3.63, 3.8) is 0 Å². The molecule has 0 aliphatic heterocycles. The Morgan fingerprint density at radius 2 is 2.10 bits per heavy atom. The standard InChI is InChI=1S/C13H13N5O2/c1-9(11-5-3-10(7-14)4-6-11)15-13-12(18(19)20)8-17(2)16-13/h3-6,8-9H,1-2H3,(H,15,16). The van der Waals surface area contributed by atoms with Gasteiger partial charge in [-0.2, -0.15) is 5.26 Å². The minimum atomic E-state index is -0.471. The molecule has 1 aromatic heterocycles. The fourth-order valence-corrected chi connectivity index (χ4v) is 1.85. The Kier molecular flexibility index (Phi) is 3.66. The summed E-state index contributed by atoms with van der Waals surface area (Å²) in [4.78, 5) is 10.4.